The molecule has 10 heteroatoms. The summed E-state index contributed by atoms with van der Waals surface area (Å²) < 4.78 is 0. The monoisotopic (exact) mass is 354 g/mol. The fraction of sp³-hybridized carbons (Fsp3) is 0.0625. The molecule has 3 rings (SSSR count). The van der Waals surface area contributed by atoms with Crippen molar-refractivity contribution < 1.29 is 14.5 Å². The molecule has 26 heavy (non-hydrogen) atoms. The number of fused-ring (bicyclic) bond motifs is 1. The quantitative estimate of drug-likeness (QED) is 0.420. The molecule has 10 nitrogen and oxygen atoms in total. The van der Waals surface area contributed by atoms with E-state index in [0.29, 0.717) is 22.3 Å². The summed E-state index contributed by atoms with van der Waals surface area (Å²) in [7, 11) is 1.49. The Balaban J connectivity index is 1.85. The van der Waals surface area contributed by atoms with Crippen molar-refractivity contribution in [1.82, 2.24) is 15.5 Å². The third-order valence-electron chi connectivity index (χ3n) is 3.58. The Hall–Kier alpha value is -3.95. The summed E-state index contributed by atoms with van der Waals surface area (Å²) in [5, 5.41) is 25.5. The summed E-state index contributed by atoms with van der Waals surface area (Å²) in [6.07, 6.45) is 0. The Morgan fingerprint density at radius 1 is 1.12 bits per heavy atom. The number of nitrogens with one attached hydrogen (secondary N) is 4. The molecule has 0 saturated heterocycles. The van der Waals surface area contributed by atoms with Gasteiger partial charge in [0.25, 0.3) is 11.6 Å². The average Bonchev–Trinajstić information content (AvgIpc) is 3.05. The van der Waals surface area contributed by atoms with Crippen LogP contribution in [0, 0.1) is 10.1 Å². The number of nitro benzene ring substituents is 1. The number of hydrogen-bond donors (Lipinski definition) is 4. The Bertz CT molecular complexity index is 1010. The van der Waals surface area contributed by atoms with Crippen LogP contribution in [-0.4, -0.2) is 34.1 Å². The number of aromatic amines is 1. The fourth-order valence-corrected chi connectivity index (χ4v) is 2.35. The van der Waals surface area contributed by atoms with E-state index >= 15 is 0 Å². The van der Waals surface area contributed by atoms with Crippen LogP contribution in [0.4, 0.5) is 21.9 Å². The van der Waals surface area contributed by atoms with Crippen molar-refractivity contribution in [3.8, 4) is 0 Å². The standard InChI is InChI=1S/C16H14N6O4/c1-17-16(24)19-10-4-2-3-9(7-10)18-15(23)14-12-8-11(22(25)26)5-6-13(12)20-21-14/h2-8H,1H3,(H,18,23)(H,20,21)(H2,17,19,24). The van der Waals surface area contributed by atoms with Gasteiger partial charge in [0.2, 0.25) is 0 Å². The minimum Gasteiger partial charge on any atom is -0.341 e. The number of nitrogens with zero attached hydrogens (tertiary/aromatic N) is 2. The SMILES string of the molecule is CNC(=O)Nc1cccc(NC(=O)c2n[nH]c3ccc([N+](=O)[O-])cc23)c1. The molecule has 0 fully saturated rings. The van der Waals surface area contributed by atoms with Crippen LogP contribution in [0.25, 0.3) is 10.9 Å². The van der Waals surface area contributed by atoms with E-state index in [1.807, 2.05) is 0 Å². The molecular weight excluding hydrogens is 340 g/mol. The molecule has 132 valence electrons. The lowest BCUT2D eigenvalue weighted by Crippen LogP contribution is -2.24. The first kappa shape index (κ1) is 16.9. The van der Waals surface area contributed by atoms with E-state index < -0.39 is 10.8 Å². The highest BCUT2D eigenvalue weighted by Gasteiger charge is 2.17. The van der Waals surface area contributed by atoms with Gasteiger partial charge in [0.05, 0.1) is 10.4 Å². The predicted octanol–water partition coefficient (Wildman–Crippen LogP) is 2.47. The van der Waals surface area contributed by atoms with Crippen molar-refractivity contribution >= 4 is 39.9 Å². The third-order valence-corrected chi connectivity index (χ3v) is 3.58. The number of carbonyl (C=O) groups excluding carboxylic acids is 2. The Morgan fingerprint density at radius 3 is 2.54 bits per heavy atom. The molecule has 0 bridgehead atoms. The Labute approximate surface area is 146 Å². The van der Waals surface area contributed by atoms with Crippen molar-refractivity contribution in [3.05, 3.63) is 58.3 Å². The van der Waals surface area contributed by atoms with E-state index in [2.05, 4.69) is 26.1 Å². The number of anilines is 2. The van der Waals surface area contributed by atoms with E-state index in [1.54, 1.807) is 24.3 Å². The molecule has 0 aliphatic rings. The van der Waals surface area contributed by atoms with Crippen molar-refractivity contribution in [1.29, 1.82) is 0 Å². The van der Waals surface area contributed by atoms with Crippen molar-refractivity contribution in [3.63, 3.8) is 0 Å². The largest absolute Gasteiger partial charge is 0.341 e. The van der Waals surface area contributed by atoms with Crippen LogP contribution in [0.15, 0.2) is 42.5 Å². The zero-order valence-electron chi connectivity index (χ0n) is 13.6. The van der Waals surface area contributed by atoms with Crippen LogP contribution in [-0.2, 0) is 0 Å². The van der Waals surface area contributed by atoms with Gasteiger partial charge in [-0.2, -0.15) is 5.10 Å². The zero-order chi connectivity index (χ0) is 18.7. The van der Waals surface area contributed by atoms with Crippen LogP contribution >= 0.6 is 0 Å². The van der Waals surface area contributed by atoms with Gasteiger partial charge in [0, 0.05) is 35.9 Å². The molecule has 3 aromatic rings. The van der Waals surface area contributed by atoms with Crippen LogP contribution in [0.5, 0.6) is 0 Å². The second kappa shape index (κ2) is 6.89. The number of nitro groups is 1. The molecule has 3 amide bonds. The maximum atomic E-state index is 12.5. The van der Waals surface area contributed by atoms with E-state index in [9.17, 15) is 19.7 Å². The highest BCUT2D eigenvalue weighted by Crippen LogP contribution is 2.23. The number of aromatic nitrogens is 2. The number of H-pyrrole nitrogens is 1. The highest BCUT2D eigenvalue weighted by molar-refractivity contribution is 6.11. The van der Waals surface area contributed by atoms with E-state index in [-0.39, 0.29) is 17.4 Å². The molecular formula is C16H14N6O4. The summed E-state index contributed by atoms with van der Waals surface area (Å²) >= 11 is 0. The number of non-ortho nitro benzene ring substituents is 1. The summed E-state index contributed by atoms with van der Waals surface area (Å²) in [5.74, 6) is -0.533. The van der Waals surface area contributed by atoms with Gasteiger partial charge in [-0.05, 0) is 24.3 Å². The molecule has 0 aliphatic carbocycles. The molecule has 0 saturated carbocycles. The molecule has 0 aliphatic heterocycles. The average molecular weight is 354 g/mol. The molecule has 4 N–H and O–H groups in total. The van der Waals surface area contributed by atoms with Gasteiger partial charge in [-0.1, -0.05) is 6.07 Å². The first-order valence-corrected chi connectivity index (χ1v) is 7.50. The lowest BCUT2D eigenvalue weighted by atomic mass is 10.2. The number of urea groups is 1. The van der Waals surface area contributed by atoms with Gasteiger partial charge in [0.1, 0.15) is 0 Å². The van der Waals surface area contributed by atoms with Crippen LogP contribution in [0.2, 0.25) is 0 Å². The zero-order valence-corrected chi connectivity index (χ0v) is 13.6. The Kier molecular flexibility index (Phi) is 4.48. The summed E-state index contributed by atoms with van der Waals surface area (Å²) in [5.41, 5.74) is 1.34. The molecule has 0 spiro atoms. The smallest absolute Gasteiger partial charge is 0.318 e. The van der Waals surface area contributed by atoms with Gasteiger partial charge in [-0.15, -0.1) is 0 Å². The molecule has 1 heterocycles. The van der Waals surface area contributed by atoms with Crippen molar-refractivity contribution in [2.24, 2.45) is 0 Å². The fourth-order valence-electron chi connectivity index (χ4n) is 2.35. The highest BCUT2D eigenvalue weighted by atomic mass is 16.6. The summed E-state index contributed by atoms with van der Waals surface area (Å²) in [4.78, 5) is 34.2. The number of rotatable bonds is 4. The van der Waals surface area contributed by atoms with Crippen LogP contribution < -0.4 is 16.0 Å². The van der Waals surface area contributed by atoms with Crippen molar-refractivity contribution in [2.45, 2.75) is 0 Å². The molecule has 2 aromatic carbocycles. The minimum atomic E-state index is -0.540. The number of hydrogen-bond acceptors (Lipinski definition) is 5. The van der Waals surface area contributed by atoms with E-state index in [0.717, 1.165) is 0 Å². The lowest BCUT2D eigenvalue weighted by Gasteiger charge is -2.08. The van der Waals surface area contributed by atoms with Gasteiger partial charge in [-0.3, -0.25) is 20.0 Å². The predicted molar refractivity (Wildman–Crippen MR) is 95.2 cm³/mol. The second-order valence-corrected chi connectivity index (χ2v) is 5.30. The lowest BCUT2D eigenvalue weighted by molar-refractivity contribution is -0.384. The van der Waals surface area contributed by atoms with E-state index in [4.69, 9.17) is 0 Å². The van der Waals surface area contributed by atoms with Crippen LogP contribution in [0.1, 0.15) is 10.5 Å². The van der Waals surface area contributed by atoms with Gasteiger partial charge in [-0.25, -0.2) is 4.79 Å². The maximum Gasteiger partial charge on any atom is 0.318 e. The Morgan fingerprint density at radius 2 is 1.85 bits per heavy atom. The summed E-state index contributed by atoms with van der Waals surface area (Å²) in [6.45, 7) is 0. The number of amides is 3. The van der Waals surface area contributed by atoms with Gasteiger partial charge in [0.15, 0.2) is 5.69 Å². The first-order valence-electron chi connectivity index (χ1n) is 7.50. The maximum absolute atomic E-state index is 12.5. The molecule has 0 unspecified atom stereocenters. The van der Waals surface area contributed by atoms with Gasteiger partial charge < -0.3 is 16.0 Å². The van der Waals surface area contributed by atoms with Crippen LogP contribution in [0.3, 0.4) is 0 Å². The molecule has 0 atom stereocenters. The van der Waals surface area contributed by atoms with E-state index in [1.165, 1.54) is 25.2 Å². The van der Waals surface area contributed by atoms with Gasteiger partial charge >= 0.3 is 6.03 Å². The third kappa shape index (κ3) is 3.43. The number of carbonyl (C=O) groups is 2. The topological polar surface area (TPSA) is 142 Å². The molecule has 0 radical (unpaired) electrons. The summed E-state index contributed by atoms with van der Waals surface area (Å²) in [6, 6.07) is 10.3. The minimum absolute atomic E-state index is 0.0355. The molecule has 1 aromatic heterocycles. The second-order valence-electron chi connectivity index (χ2n) is 5.30. The number of benzene rings is 2. The normalized spacial score (nSPS) is 10.3. The first-order chi connectivity index (χ1) is 12.5. The van der Waals surface area contributed by atoms with Crippen molar-refractivity contribution in [2.75, 3.05) is 17.7 Å².